The van der Waals surface area contributed by atoms with E-state index in [9.17, 15) is 4.79 Å². The molecule has 1 fully saturated rings. The van der Waals surface area contributed by atoms with Gasteiger partial charge in [0.05, 0.1) is 24.4 Å². The number of allylic oxidation sites excluding steroid dienone is 1. The SMILES string of the molecule is C=C1C[C@H](CCCOC(=O)c2ccccc2)OC1CC[C@@H](C)C[C@@H](C)C(=C)C. The summed E-state index contributed by atoms with van der Waals surface area (Å²) in [4.78, 5) is 11.9. The van der Waals surface area contributed by atoms with Crippen molar-refractivity contribution >= 4 is 5.97 Å². The van der Waals surface area contributed by atoms with Crippen LogP contribution in [0.3, 0.4) is 0 Å². The van der Waals surface area contributed by atoms with Crippen LogP contribution in [0.15, 0.2) is 54.6 Å². The highest BCUT2D eigenvalue weighted by Crippen LogP contribution is 2.32. The zero-order valence-corrected chi connectivity index (χ0v) is 17.8. The van der Waals surface area contributed by atoms with Crippen LogP contribution < -0.4 is 0 Å². The van der Waals surface area contributed by atoms with Gasteiger partial charge in [-0.05, 0) is 75.0 Å². The predicted molar refractivity (Wildman–Crippen MR) is 115 cm³/mol. The highest BCUT2D eigenvalue weighted by molar-refractivity contribution is 5.89. The third-order valence-corrected chi connectivity index (χ3v) is 5.73. The molecule has 0 aromatic heterocycles. The molecule has 1 unspecified atom stereocenters. The van der Waals surface area contributed by atoms with Crippen LogP contribution in [0, 0.1) is 11.8 Å². The Balaban J connectivity index is 1.63. The fourth-order valence-corrected chi connectivity index (χ4v) is 3.73. The fourth-order valence-electron chi connectivity index (χ4n) is 3.73. The van der Waals surface area contributed by atoms with Crippen molar-refractivity contribution in [2.24, 2.45) is 11.8 Å². The normalized spacial score (nSPS) is 21.3. The van der Waals surface area contributed by atoms with Crippen LogP contribution in [0.5, 0.6) is 0 Å². The van der Waals surface area contributed by atoms with Crippen LogP contribution in [0.2, 0.25) is 0 Å². The van der Waals surface area contributed by atoms with Crippen molar-refractivity contribution in [3.63, 3.8) is 0 Å². The minimum atomic E-state index is -0.256. The maximum Gasteiger partial charge on any atom is 0.338 e. The number of carbonyl (C=O) groups excluding carboxylic acids is 1. The van der Waals surface area contributed by atoms with Gasteiger partial charge in [0, 0.05) is 0 Å². The smallest absolute Gasteiger partial charge is 0.338 e. The van der Waals surface area contributed by atoms with Crippen molar-refractivity contribution in [3.8, 4) is 0 Å². The van der Waals surface area contributed by atoms with Crippen LogP contribution in [0.25, 0.3) is 0 Å². The molecule has 3 nitrogen and oxygen atoms in total. The summed E-state index contributed by atoms with van der Waals surface area (Å²) in [5.41, 5.74) is 3.08. The molecule has 1 aliphatic heterocycles. The molecule has 1 aliphatic rings. The second-order valence-electron chi connectivity index (χ2n) is 8.42. The molecule has 1 saturated heterocycles. The third kappa shape index (κ3) is 7.27. The van der Waals surface area contributed by atoms with E-state index in [1.54, 1.807) is 12.1 Å². The summed E-state index contributed by atoms with van der Waals surface area (Å²) in [5, 5.41) is 0. The van der Waals surface area contributed by atoms with Gasteiger partial charge in [-0.2, -0.15) is 0 Å². The average molecular weight is 385 g/mol. The van der Waals surface area contributed by atoms with Gasteiger partial charge < -0.3 is 9.47 Å². The largest absolute Gasteiger partial charge is 0.462 e. The van der Waals surface area contributed by atoms with Gasteiger partial charge in [-0.15, -0.1) is 0 Å². The van der Waals surface area contributed by atoms with Crippen molar-refractivity contribution in [1.29, 1.82) is 0 Å². The highest BCUT2D eigenvalue weighted by atomic mass is 16.5. The van der Waals surface area contributed by atoms with E-state index >= 15 is 0 Å². The molecule has 28 heavy (non-hydrogen) atoms. The van der Waals surface area contributed by atoms with E-state index in [0.29, 0.717) is 24.0 Å². The van der Waals surface area contributed by atoms with Gasteiger partial charge in [-0.25, -0.2) is 4.79 Å². The number of hydrogen-bond acceptors (Lipinski definition) is 3. The second kappa shape index (κ2) is 11.2. The molecule has 0 aliphatic carbocycles. The summed E-state index contributed by atoms with van der Waals surface area (Å²) in [6.45, 7) is 15.4. The molecule has 1 aromatic rings. The van der Waals surface area contributed by atoms with Gasteiger partial charge in [0.15, 0.2) is 0 Å². The first-order valence-corrected chi connectivity index (χ1v) is 10.6. The molecule has 2 rings (SSSR count). The quantitative estimate of drug-likeness (QED) is 0.253. The summed E-state index contributed by atoms with van der Waals surface area (Å²) in [7, 11) is 0. The maximum absolute atomic E-state index is 11.9. The minimum absolute atomic E-state index is 0.180. The molecule has 3 heteroatoms. The van der Waals surface area contributed by atoms with Crippen LogP contribution in [-0.2, 0) is 9.47 Å². The van der Waals surface area contributed by atoms with E-state index in [2.05, 4.69) is 33.9 Å². The first kappa shape index (κ1) is 22.4. The molecule has 1 aromatic carbocycles. The molecule has 0 saturated carbocycles. The number of rotatable bonds is 11. The van der Waals surface area contributed by atoms with Crippen molar-refractivity contribution in [2.45, 2.75) is 71.5 Å². The molecule has 1 heterocycles. The zero-order chi connectivity index (χ0) is 20.5. The monoisotopic (exact) mass is 384 g/mol. The van der Waals surface area contributed by atoms with Crippen molar-refractivity contribution < 1.29 is 14.3 Å². The Morgan fingerprint density at radius 2 is 1.96 bits per heavy atom. The Bertz CT molecular complexity index is 649. The zero-order valence-electron chi connectivity index (χ0n) is 17.8. The topological polar surface area (TPSA) is 35.5 Å². The molecule has 0 N–H and O–H groups in total. The number of carbonyl (C=O) groups is 1. The highest BCUT2D eigenvalue weighted by Gasteiger charge is 2.28. The van der Waals surface area contributed by atoms with Gasteiger partial charge in [0.1, 0.15) is 0 Å². The van der Waals surface area contributed by atoms with Crippen molar-refractivity contribution in [2.75, 3.05) is 6.61 Å². The van der Waals surface area contributed by atoms with Gasteiger partial charge in [0.25, 0.3) is 0 Å². The van der Waals surface area contributed by atoms with E-state index in [-0.39, 0.29) is 18.2 Å². The van der Waals surface area contributed by atoms with Crippen LogP contribution in [0.1, 0.15) is 69.7 Å². The standard InChI is InChI=1S/C25H36O3/c1-18(2)20(4)16-19(3)13-14-24-21(5)17-23(28-24)12-9-15-27-25(26)22-10-7-6-8-11-22/h6-8,10-11,19-20,23-24H,1,5,9,12-17H2,2-4H3/t19-,20-,23+,24?/m1/s1. The molecule has 0 radical (unpaired) electrons. The summed E-state index contributed by atoms with van der Waals surface area (Å²) in [5.74, 6) is 0.988. The third-order valence-electron chi connectivity index (χ3n) is 5.73. The van der Waals surface area contributed by atoms with E-state index < -0.39 is 0 Å². The van der Waals surface area contributed by atoms with Crippen molar-refractivity contribution in [3.05, 3.63) is 60.2 Å². The number of hydrogen-bond donors (Lipinski definition) is 0. The van der Waals surface area contributed by atoms with E-state index in [4.69, 9.17) is 9.47 Å². The Hall–Kier alpha value is -1.87. The Morgan fingerprint density at radius 1 is 1.25 bits per heavy atom. The average Bonchev–Trinajstić information content (AvgIpc) is 3.03. The maximum atomic E-state index is 11.9. The molecular formula is C25H36O3. The Kier molecular flexibility index (Phi) is 8.98. The van der Waals surface area contributed by atoms with Crippen molar-refractivity contribution in [1.82, 2.24) is 0 Å². The lowest BCUT2D eigenvalue weighted by Gasteiger charge is -2.20. The molecule has 154 valence electrons. The molecule has 0 spiro atoms. The lowest BCUT2D eigenvalue weighted by Crippen LogP contribution is -2.14. The number of esters is 1. The Labute approximate surface area is 170 Å². The minimum Gasteiger partial charge on any atom is -0.462 e. The van der Waals surface area contributed by atoms with E-state index in [0.717, 1.165) is 32.1 Å². The van der Waals surface area contributed by atoms with Gasteiger partial charge in [-0.1, -0.05) is 50.8 Å². The van der Waals surface area contributed by atoms with Crippen LogP contribution >= 0.6 is 0 Å². The molecule has 0 amide bonds. The van der Waals surface area contributed by atoms with E-state index in [1.807, 2.05) is 18.2 Å². The lowest BCUT2D eigenvalue weighted by atomic mass is 9.88. The lowest BCUT2D eigenvalue weighted by molar-refractivity contribution is 0.0295. The van der Waals surface area contributed by atoms with E-state index in [1.165, 1.54) is 17.6 Å². The summed E-state index contributed by atoms with van der Waals surface area (Å²) in [6, 6.07) is 9.12. The fraction of sp³-hybridized carbons (Fsp3) is 0.560. The van der Waals surface area contributed by atoms with Crippen LogP contribution in [-0.4, -0.2) is 24.8 Å². The van der Waals surface area contributed by atoms with Gasteiger partial charge in [-0.3, -0.25) is 0 Å². The summed E-state index contributed by atoms with van der Waals surface area (Å²) >= 11 is 0. The predicted octanol–water partition coefficient (Wildman–Crippen LogP) is 6.36. The number of benzene rings is 1. The van der Waals surface area contributed by atoms with Gasteiger partial charge >= 0.3 is 5.97 Å². The second-order valence-corrected chi connectivity index (χ2v) is 8.42. The molecule has 0 bridgehead atoms. The summed E-state index contributed by atoms with van der Waals surface area (Å²) in [6.07, 6.45) is 6.41. The molecule has 4 atom stereocenters. The first-order chi connectivity index (χ1) is 13.4. The summed E-state index contributed by atoms with van der Waals surface area (Å²) < 4.78 is 11.6. The number of ether oxygens (including phenoxy) is 2. The molecular weight excluding hydrogens is 348 g/mol. The van der Waals surface area contributed by atoms with Gasteiger partial charge in [0.2, 0.25) is 0 Å². The first-order valence-electron chi connectivity index (χ1n) is 10.6. The van der Waals surface area contributed by atoms with Crippen LogP contribution in [0.4, 0.5) is 0 Å². The Morgan fingerprint density at radius 3 is 2.64 bits per heavy atom.